The Hall–Kier alpha value is -4.91. The zero-order chi connectivity index (χ0) is 33.7. The minimum Gasteiger partial charge on any atom is -0.335 e. The first-order chi connectivity index (χ1) is 22.3. The summed E-state index contributed by atoms with van der Waals surface area (Å²) in [6, 6.07) is 6.92. The van der Waals surface area contributed by atoms with E-state index in [4.69, 9.17) is 11.0 Å². The third-order valence-electron chi connectivity index (χ3n) is 9.26. The maximum Gasteiger partial charge on any atom is 0.435 e. The summed E-state index contributed by atoms with van der Waals surface area (Å²) in [5.74, 6) is -0.965. The molecule has 2 aromatic heterocycles. The predicted octanol–water partition coefficient (Wildman–Crippen LogP) is 2.94. The number of alkyl halides is 3. The van der Waals surface area contributed by atoms with Crippen LogP contribution in [0.15, 0.2) is 30.6 Å². The van der Waals surface area contributed by atoms with E-state index in [1.807, 2.05) is 11.8 Å². The summed E-state index contributed by atoms with van der Waals surface area (Å²) in [5.41, 5.74) is 6.23. The summed E-state index contributed by atoms with van der Waals surface area (Å²) < 4.78 is 43.1. The van der Waals surface area contributed by atoms with Crippen LogP contribution < -0.4 is 11.1 Å². The second-order valence-corrected chi connectivity index (χ2v) is 12.5. The monoisotopic (exact) mass is 652 g/mol. The van der Waals surface area contributed by atoms with Gasteiger partial charge in [0.15, 0.2) is 11.5 Å². The average molecular weight is 653 g/mol. The van der Waals surface area contributed by atoms with Gasteiger partial charge in [-0.05, 0) is 43.0 Å². The predicted molar refractivity (Wildman–Crippen MR) is 163 cm³/mol. The molecule has 47 heavy (non-hydrogen) atoms. The van der Waals surface area contributed by atoms with Gasteiger partial charge in [-0.15, -0.1) is 0 Å². The number of nitrogens with one attached hydrogen (secondary N) is 1. The van der Waals surface area contributed by atoms with Crippen LogP contribution in [-0.4, -0.2) is 97.2 Å². The molecule has 2 aliphatic heterocycles. The van der Waals surface area contributed by atoms with Crippen LogP contribution in [-0.2, 0) is 26.2 Å². The maximum atomic E-state index is 13.7. The molecule has 3 aliphatic rings. The minimum atomic E-state index is -4.79. The van der Waals surface area contributed by atoms with Gasteiger partial charge in [0.2, 0.25) is 0 Å². The molecule has 1 aliphatic carbocycles. The topological polar surface area (TPSA) is 158 Å². The highest BCUT2D eigenvalue weighted by Gasteiger charge is 2.53. The highest BCUT2D eigenvalue weighted by Crippen LogP contribution is 2.47. The molecule has 1 saturated carbocycles. The van der Waals surface area contributed by atoms with E-state index < -0.39 is 17.8 Å². The lowest BCUT2D eigenvalue weighted by atomic mass is 9.61. The van der Waals surface area contributed by atoms with Crippen LogP contribution in [0.25, 0.3) is 11.3 Å². The normalized spacial score (nSPS) is 17.7. The Morgan fingerprint density at radius 3 is 2.40 bits per heavy atom. The second-order valence-electron chi connectivity index (χ2n) is 12.5. The number of carbonyl (C=O) groups excluding carboxylic acids is 3. The fraction of sp³-hybridized carbons (Fsp3) is 0.484. The van der Waals surface area contributed by atoms with Crippen LogP contribution in [0.4, 0.5) is 23.7 Å². The molecule has 0 bridgehead atoms. The Morgan fingerprint density at radius 2 is 1.79 bits per heavy atom. The number of anilines is 1. The van der Waals surface area contributed by atoms with Gasteiger partial charge in [0.05, 0.1) is 23.5 Å². The van der Waals surface area contributed by atoms with E-state index in [-0.39, 0.29) is 47.0 Å². The van der Waals surface area contributed by atoms with Gasteiger partial charge in [-0.3, -0.25) is 14.3 Å². The number of amides is 4. The van der Waals surface area contributed by atoms with Gasteiger partial charge in [0.25, 0.3) is 11.8 Å². The summed E-state index contributed by atoms with van der Waals surface area (Å²) in [7, 11) is 1.41. The number of urea groups is 1. The van der Waals surface area contributed by atoms with Crippen molar-refractivity contribution in [3.63, 3.8) is 0 Å². The van der Waals surface area contributed by atoms with Gasteiger partial charge in [-0.1, -0.05) is 6.92 Å². The number of aryl methyl sites for hydroxylation is 1. The van der Waals surface area contributed by atoms with Crippen LogP contribution in [0.5, 0.6) is 0 Å². The Kier molecular flexibility index (Phi) is 8.20. The highest BCUT2D eigenvalue weighted by molar-refractivity contribution is 6.03. The van der Waals surface area contributed by atoms with Crippen molar-refractivity contribution < 1.29 is 27.6 Å². The number of rotatable bonds is 6. The number of piperazine rings is 1. The number of nitriles is 1. The van der Waals surface area contributed by atoms with E-state index >= 15 is 0 Å². The molecule has 3 fully saturated rings. The van der Waals surface area contributed by atoms with E-state index in [1.165, 1.54) is 11.6 Å². The summed E-state index contributed by atoms with van der Waals surface area (Å²) in [6.07, 6.45) is -0.104. The number of carbonyl (C=O) groups is 3. The Balaban J connectivity index is 1.09. The maximum absolute atomic E-state index is 13.7. The summed E-state index contributed by atoms with van der Waals surface area (Å²) in [5, 5.41) is 15.1. The fourth-order valence-corrected chi connectivity index (χ4v) is 6.88. The first kappa shape index (κ1) is 32.0. The number of nitrogens with two attached hydrogens (primary N) is 1. The Labute approximate surface area is 268 Å². The number of likely N-dealkylation sites (tertiary alicyclic amines) is 1. The first-order valence-corrected chi connectivity index (χ1v) is 15.4. The number of imidazole rings is 1. The standard InChI is InChI=1S/C31H35F3N10O3/c1-3-19-12-21(38-27(45)26-37-15-24(40(26)2)23-16-44(7-6-35)39-25(23)31(32,33)34)4-5-22(19)28(46)41-8-10-42(11-9-41)29(47)43-17-30(18-43)13-20(36)14-30/h4-5,12,15-16,20H,3,7-11,13-14,17-18,36H2,1-2H3,(H,38,45). The van der Waals surface area contributed by atoms with Gasteiger partial charge >= 0.3 is 12.2 Å². The van der Waals surface area contributed by atoms with Gasteiger partial charge in [0, 0.05) is 75.2 Å². The second kappa shape index (κ2) is 12.0. The van der Waals surface area contributed by atoms with Crippen LogP contribution in [0, 0.1) is 16.7 Å². The lowest BCUT2D eigenvalue weighted by Crippen LogP contribution is -2.68. The molecule has 1 spiro atoms. The Bertz CT molecular complexity index is 1750. The third kappa shape index (κ3) is 6.02. The molecule has 13 nitrogen and oxygen atoms in total. The lowest BCUT2D eigenvalue weighted by Gasteiger charge is -2.59. The zero-order valence-corrected chi connectivity index (χ0v) is 26.0. The van der Waals surface area contributed by atoms with Crippen molar-refractivity contribution in [2.75, 3.05) is 44.6 Å². The van der Waals surface area contributed by atoms with Crippen molar-refractivity contribution in [3.8, 4) is 17.3 Å². The zero-order valence-electron chi connectivity index (χ0n) is 26.0. The Morgan fingerprint density at radius 1 is 1.11 bits per heavy atom. The van der Waals surface area contributed by atoms with Gasteiger partial charge in [-0.2, -0.15) is 23.5 Å². The molecule has 2 saturated heterocycles. The molecule has 16 heteroatoms. The van der Waals surface area contributed by atoms with Gasteiger partial charge in [-0.25, -0.2) is 9.78 Å². The summed E-state index contributed by atoms with van der Waals surface area (Å²) in [6.45, 7) is 4.70. The SMILES string of the molecule is CCc1cc(NC(=O)c2ncc(-c3cn(CC#N)nc3C(F)(F)F)n2C)ccc1C(=O)N1CCN(C(=O)N2CC3(CC(N)C3)C2)CC1. The molecule has 3 N–H and O–H groups in total. The van der Waals surface area contributed by atoms with Crippen LogP contribution in [0.3, 0.4) is 0 Å². The number of hydrogen-bond acceptors (Lipinski definition) is 7. The van der Waals surface area contributed by atoms with Crippen molar-refractivity contribution in [1.82, 2.24) is 34.0 Å². The van der Waals surface area contributed by atoms with Crippen molar-refractivity contribution in [1.29, 1.82) is 5.26 Å². The number of benzene rings is 1. The van der Waals surface area contributed by atoms with Gasteiger partial charge in [0.1, 0.15) is 6.54 Å². The van der Waals surface area contributed by atoms with E-state index in [1.54, 1.807) is 34.1 Å². The molecule has 6 rings (SSSR count). The number of nitrogens with zero attached hydrogens (tertiary/aromatic N) is 8. The molecule has 1 aromatic carbocycles. The molecule has 0 radical (unpaired) electrons. The third-order valence-corrected chi connectivity index (χ3v) is 9.26. The number of aromatic nitrogens is 4. The molecule has 248 valence electrons. The molecular formula is C31H35F3N10O3. The first-order valence-electron chi connectivity index (χ1n) is 15.4. The molecular weight excluding hydrogens is 617 g/mol. The quantitative estimate of drug-likeness (QED) is 0.414. The van der Waals surface area contributed by atoms with Crippen molar-refractivity contribution >= 4 is 23.5 Å². The van der Waals surface area contributed by atoms with E-state index in [0.29, 0.717) is 49.4 Å². The molecule has 4 amide bonds. The summed E-state index contributed by atoms with van der Waals surface area (Å²) in [4.78, 5) is 49.1. The molecule has 0 unspecified atom stereocenters. The highest BCUT2D eigenvalue weighted by atomic mass is 19.4. The largest absolute Gasteiger partial charge is 0.435 e. The van der Waals surface area contributed by atoms with Crippen LogP contribution in [0.1, 0.15) is 52.0 Å². The van der Waals surface area contributed by atoms with Gasteiger partial charge < -0.3 is 30.3 Å². The molecule has 3 aromatic rings. The smallest absolute Gasteiger partial charge is 0.335 e. The minimum absolute atomic E-state index is 0.000504. The van der Waals surface area contributed by atoms with E-state index in [9.17, 15) is 27.6 Å². The van der Waals surface area contributed by atoms with E-state index in [0.717, 1.165) is 43.0 Å². The molecule has 0 atom stereocenters. The van der Waals surface area contributed by atoms with Crippen LogP contribution in [0.2, 0.25) is 0 Å². The van der Waals surface area contributed by atoms with Crippen molar-refractivity contribution in [2.24, 2.45) is 18.2 Å². The average Bonchev–Trinajstić information content (AvgIpc) is 3.61. The lowest BCUT2D eigenvalue weighted by molar-refractivity contribution is -0.141. The number of hydrogen-bond donors (Lipinski definition) is 2. The fourth-order valence-electron chi connectivity index (χ4n) is 6.88. The van der Waals surface area contributed by atoms with Crippen molar-refractivity contribution in [2.45, 2.75) is 44.9 Å². The summed E-state index contributed by atoms with van der Waals surface area (Å²) >= 11 is 0. The van der Waals surface area contributed by atoms with Crippen LogP contribution >= 0.6 is 0 Å². The number of halogens is 3. The molecule has 4 heterocycles. The van der Waals surface area contributed by atoms with Crippen molar-refractivity contribution in [3.05, 3.63) is 53.2 Å². The van der Waals surface area contributed by atoms with E-state index in [2.05, 4.69) is 15.4 Å².